The normalized spacial score (nSPS) is 10.6. The van der Waals surface area contributed by atoms with E-state index in [0.29, 0.717) is 11.3 Å². The SMILES string of the molecule is CCc1cccc(-n2nnc(C(=O)O)c2-c2ccncc2)c1. The Labute approximate surface area is 127 Å². The van der Waals surface area contributed by atoms with Crippen LogP contribution in [0.25, 0.3) is 16.9 Å². The smallest absolute Gasteiger partial charge is 0.358 e. The summed E-state index contributed by atoms with van der Waals surface area (Å²) >= 11 is 0. The first-order chi connectivity index (χ1) is 10.7. The summed E-state index contributed by atoms with van der Waals surface area (Å²) in [6.45, 7) is 2.06. The van der Waals surface area contributed by atoms with Crippen LogP contribution in [-0.4, -0.2) is 31.1 Å². The van der Waals surface area contributed by atoms with Crippen LogP contribution < -0.4 is 0 Å². The van der Waals surface area contributed by atoms with Crippen molar-refractivity contribution < 1.29 is 9.90 Å². The number of aryl methyl sites for hydroxylation is 1. The number of carbonyl (C=O) groups is 1. The number of hydrogen-bond donors (Lipinski definition) is 1. The molecule has 0 amide bonds. The summed E-state index contributed by atoms with van der Waals surface area (Å²) in [5.74, 6) is -1.11. The van der Waals surface area contributed by atoms with E-state index in [1.807, 2.05) is 24.3 Å². The van der Waals surface area contributed by atoms with Crippen molar-refractivity contribution in [2.24, 2.45) is 0 Å². The number of pyridine rings is 1. The molecule has 0 atom stereocenters. The molecule has 2 aromatic heterocycles. The Hall–Kier alpha value is -3.02. The molecule has 0 unspecified atom stereocenters. The van der Waals surface area contributed by atoms with Crippen LogP contribution in [0.1, 0.15) is 23.0 Å². The molecule has 1 aromatic carbocycles. The van der Waals surface area contributed by atoms with E-state index in [2.05, 4.69) is 22.2 Å². The molecule has 0 aliphatic rings. The first kappa shape index (κ1) is 13.9. The lowest BCUT2D eigenvalue weighted by Gasteiger charge is -2.08. The van der Waals surface area contributed by atoms with E-state index in [4.69, 9.17) is 0 Å². The van der Waals surface area contributed by atoms with Crippen molar-refractivity contribution in [3.63, 3.8) is 0 Å². The van der Waals surface area contributed by atoms with Gasteiger partial charge in [-0.05, 0) is 36.2 Å². The van der Waals surface area contributed by atoms with Gasteiger partial charge in [0, 0.05) is 18.0 Å². The number of benzene rings is 1. The molecule has 0 aliphatic carbocycles. The van der Waals surface area contributed by atoms with Crippen LogP contribution in [0.4, 0.5) is 0 Å². The Morgan fingerprint density at radius 1 is 1.23 bits per heavy atom. The van der Waals surface area contributed by atoms with Gasteiger partial charge in [-0.15, -0.1) is 5.10 Å². The van der Waals surface area contributed by atoms with Gasteiger partial charge in [-0.1, -0.05) is 24.3 Å². The molecule has 3 aromatic rings. The lowest BCUT2D eigenvalue weighted by atomic mass is 10.1. The molecule has 0 aliphatic heterocycles. The number of nitrogens with zero attached hydrogens (tertiary/aromatic N) is 4. The maximum Gasteiger partial charge on any atom is 0.358 e. The fourth-order valence-electron chi connectivity index (χ4n) is 2.28. The molecule has 22 heavy (non-hydrogen) atoms. The van der Waals surface area contributed by atoms with Crippen LogP contribution in [0, 0.1) is 0 Å². The van der Waals surface area contributed by atoms with Crippen molar-refractivity contribution in [2.75, 3.05) is 0 Å². The fourth-order valence-corrected chi connectivity index (χ4v) is 2.28. The highest BCUT2D eigenvalue weighted by atomic mass is 16.4. The van der Waals surface area contributed by atoms with E-state index in [-0.39, 0.29) is 5.69 Å². The minimum atomic E-state index is -1.11. The van der Waals surface area contributed by atoms with Crippen LogP contribution in [0.2, 0.25) is 0 Å². The Kier molecular flexibility index (Phi) is 3.65. The van der Waals surface area contributed by atoms with Gasteiger partial charge in [0.05, 0.1) is 5.69 Å². The van der Waals surface area contributed by atoms with Crippen molar-refractivity contribution in [1.29, 1.82) is 0 Å². The Bertz CT molecular complexity index is 812. The van der Waals surface area contributed by atoms with Crippen LogP contribution in [-0.2, 0) is 6.42 Å². The van der Waals surface area contributed by atoms with E-state index in [0.717, 1.165) is 17.7 Å². The maximum atomic E-state index is 11.4. The fraction of sp³-hybridized carbons (Fsp3) is 0.125. The average Bonchev–Trinajstić information content (AvgIpc) is 3.01. The van der Waals surface area contributed by atoms with Gasteiger partial charge in [0.25, 0.3) is 0 Å². The van der Waals surface area contributed by atoms with Gasteiger partial charge in [-0.25, -0.2) is 9.48 Å². The van der Waals surface area contributed by atoms with Crippen LogP contribution >= 0.6 is 0 Å². The lowest BCUT2D eigenvalue weighted by Crippen LogP contribution is -2.03. The Balaban J connectivity index is 2.22. The number of aromatic nitrogens is 4. The summed E-state index contributed by atoms with van der Waals surface area (Å²) < 4.78 is 1.55. The quantitative estimate of drug-likeness (QED) is 0.800. The van der Waals surface area contributed by atoms with Crippen molar-refractivity contribution in [3.05, 3.63) is 60.0 Å². The lowest BCUT2D eigenvalue weighted by molar-refractivity contribution is 0.0691. The van der Waals surface area contributed by atoms with E-state index in [1.165, 1.54) is 0 Å². The number of aromatic carboxylic acids is 1. The molecule has 0 saturated carbocycles. The van der Waals surface area contributed by atoms with Crippen molar-refractivity contribution in [3.8, 4) is 16.9 Å². The molecule has 0 bridgehead atoms. The predicted molar refractivity (Wildman–Crippen MR) is 80.9 cm³/mol. The molecule has 1 N–H and O–H groups in total. The highest BCUT2D eigenvalue weighted by Gasteiger charge is 2.21. The molecule has 0 radical (unpaired) electrons. The molecule has 0 spiro atoms. The van der Waals surface area contributed by atoms with Crippen LogP contribution in [0.15, 0.2) is 48.8 Å². The van der Waals surface area contributed by atoms with Crippen molar-refractivity contribution in [2.45, 2.75) is 13.3 Å². The third-order valence-electron chi connectivity index (χ3n) is 3.39. The summed E-state index contributed by atoms with van der Waals surface area (Å²) in [7, 11) is 0. The van der Waals surface area contributed by atoms with Crippen LogP contribution in [0.3, 0.4) is 0 Å². The van der Waals surface area contributed by atoms with Gasteiger partial charge in [0.15, 0.2) is 5.69 Å². The van der Waals surface area contributed by atoms with E-state index in [1.54, 1.807) is 29.2 Å². The number of rotatable bonds is 4. The molecular weight excluding hydrogens is 280 g/mol. The molecule has 110 valence electrons. The van der Waals surface area contributed by atoms with Gasteiger partial charge in [-0.2, -0.15) is 0 Å². The topological polar surface area (TPSA) is 80.9 Å². The number of carboxylic acids is 1. The summed E-state index contributed by atoms with van der Waals surface area (Å²) in [4.78, 5) is 15.4. The Morgan fingerprint density at radius 2 is 2.00 bits per heavy atom. The second-order valence-corrected chi connectivity index (χ2v) is 4.76. The second-order valence-electron chi connectivity index (χ2n) is 4.76. The van der Waals surface area contributed by atoms with Gasteiger partial charge >= 0.3 is 5.97 Å². The van der Waals surface area contributed by atoms with Gasteiger partial charge in [-0.3, -0.25) is 4.98 Å². The highest BCUT2D eigenvalue weighted by Crippen LogP contribution is 2.25. The summed E-state index contributed by atoms with van der Waals surface area (Å²) in [5, 5.41) is 17.2. The molecule has 3 rings (SSSR count). The molecule has 6 nitrogen and oxygen atoms in total. The van der Waals surface area contributed by atoms with E-state index >= 15 is 0 Å². The first-order valence-corrected chi connectivity index (χ1v) is 6.89. The number of hydrogen-bond acceptors (Lipinski definition) is 4. The number of carboxylic acid groups (broad SMARTS) is 1. The summed E-state index contributed by atoms with van der Waals surface area (Å²) in [6.07, 6.45) is 4.11. The summed E-state index contributed by atoms with van der Waals surface area (Å²) in [6, 6.07) is 11.3. The van der Waals surface area contributed by atoms with Crippen molar-refractivity contribution >= 4 is 5.97 Å². The van der Waals surface area contributed by atoms with E-state index in [9.17, 15) is 9.90 Å². The monoisotopic (exact) mass is 294 g/mol. The molecule has 6 heteroatoms. The molecular formula is C16H14N4O2. The zero-order valence-electron chi connectivity index (χ0n) is 12.0. The standard InChI is InChI=1S/C16H14N4O2/c1-2-11-4-3-5-13(10-11)20-15(12-6-8-17-9-7-12)14(16(21)22)18-19-20/h3-10H,2H2,1H3,(H,21,22). The largest absolute Gasteiger partial charge is 0.476 e. The average molecular weight is 294 g/mol. The zero-order valence-corrected chi connectivity index (χ0v) is 12.0. The van der Waals surface area contributed by atoms with Gasteiger partial charge < -0.3 is 5.11 Å². The highest BCUT2D eigenvalue weighted by molar-refractivity contribution is 5.93. The first-order valence-electron chi connectivity index (χ1n) is 6.89. The maximum absolute atomic E-state index is 11.4. The van der Waals surface area contributed by atoms with Crippen molar-refractivity contribution in [1.82, 2.24) is 20.0 Å². The molecule has 2 heterocycles. The third-order valence-corrected chi connectivity index (χ3v) is 3.39. The Morgan fingerprint density at radius 3 is 2.68 bits per heavy atom. The summed E-state index contributed by atoms with van der Waals surface area (Å²) in [5.41, 5.74) is 3.01. The molecule has 0 saturated heterocycles. The second kappa shape index (κ2) is 5.77. The minimum absolute atomic E-state index is 0.0758. The zero-order chi connectivity index (χ0) is 15.5. The predicted octanol–water partition coefficient (Wildman–Crippen LogP) is 2.59. The van der Waals surface area contributed by atoms with Crippen LogP contribution in [0.5, 0.6) is 0 Å². The van der Waals surface area contributed by atoms with Gasteiger partial charge in [0.1, 0.15) is 5.69 Å². The van der Waals surface area contributed by atoms with E-state index < -0.39 is 5.97 Å². The van der Waals surface area contributed by atoms with Gasteiger partial charge in [0.2, 0.25) is 0 Å². The minimum Gasteiger partial charge on any atom is -0.476 e. The third kappa shape index (κ3) is 2.46. The molecule has 0 fully saturated rings.